The minimum Gasteiger partial charge on any atom is -0.374 e. The van der Waals surface area contributed by atoms with Crippen LogP contribution in [0.5, 0.6) is 0 Å². The maximum absolute atomic E-state index is 12.3. The Balaban J connectivity index is 1.89. The Hall–Kier alpha value is -2.64. The standard InChI is InChI=1S/C28H34O9S2/c1-38(29,30)36-22-26(34-19-24-14-8-4-9-15-24)28(35-20-25-16-10-5-11-17-25)27(37-39(2,31)32)21-33-18-23-12-6-3-7-13-23/h3-17,26-28H,18-22H2,1-2H3/t26-,27?,28+/m1/s1. The van der Waals surface area contributed by atoms with E-state index in [1.165, 1.54) is 0 Å². The van der Waals surface area contributed by atoms with E-state index in [2.05, 4.69) is 0 Å². The highest BCUT2D eigenvalue weighted by atomic mass is 32.2. The number of rotatable bonds is 17. The van der Waals surface area contributed by atoms with E-state index in [9.17, 15) is 16.8 Å². The van der Waals surface area contributed by atoms with Crippen LogP contribution in [-0.4, -0.2) is 60.9 Å². The summed E-state index contributed by atoms with van der Waals surface area (Å²) in [7, 11) is -7.81. The molecule has 0 radical (unpaired) electrons. The maximum atomic E-state index is 12.3. The third kappa shape index (κ3) is 12.4. The molecular weight excluding hydrogens is 544 g/mol. The predicted molar refractivity (Wildman–Crippen MR) is 147 cm³/mol. The molecule has 0 N–H and O–H groups in total. The first-order chi connectivity index (χ1) is 18.6. The van der Waals surface area contributed by atoms with Gasteiger partial charge in [-0.15, -0.1) is 0 Å². The molecule has 0 fully saturated rings. The van der Waals surface area contributed by atoms with Crippen LogP contribution in [0.4, 0.5) is 0 Å². The number of benzene rings is 3. The molecule has 39 heavy (non-hydrogen) atoms. The van der Waals surface area contributed by atoms with Gasteiger partial charge in [0.15, 0.2) is 0 Å². The fourth-order valence-corrected chi connectivity index (χ4v) is 4.69. The lowest BCUT2D eigenvalue weighted by molar-refractivity contribution is -0.147. The fourth-order valence-electron chi connectivity index (χ4n) is 3.70. The molecule has 0 heterocycles. The lowest BCUT2D eigenvalue weighted by Gasteiger charge is -2.32. The maximum Gasteiger partial charge on any atom is 0.264 e. The van der Waals surface area contributed by atoms with Crippen molar-refractivity contribution in [1.29, 1.82) is 0 Å². The first kappa shape index (κ1) is 30.9. The van der Waals surface area contributed by atoms with Gasteiger partial charge in [-0.1, -0.05) is 91.0 Å². The average molecular weight is 579 g/mol. The van der Waals surface area contributed by atoms with E-state index in [-0.39, 0.29) is 26.4 Å². The molecule has 0 saturated heterocycles. The van der Waals surface area contributed by atoms with Crippen molar-refractivity contribution in [3.05, 3.63) is 108 Å². The zero-order valence-electron chi connectivity index (χ0n) is 21.9. The topological polar surface area (TPSA) is 114 Å². The summed E-state index contributed by atoms with van der Waals surface area (Å²) in [4.78, 5) is 0. The summed E-state index contributed by atoms with van der Waals surface area (Å²) in [5.41, 5.74) is 2.52. The van der Waals surface area contributed by atoms with E-state index in [0.717, 1.165) is 29.2 Å². The van der Waals surface area contributed by atoms with Gasteiger partial charge in [0.05, 0.1) is 45.5 Å². The van der Waals surface area contributed by atoms with Crippen LogP contribution in [0.15, 0.2) is 91.0 Å². The normalized spacial score (nSPS) is 14.5. The van der Waals surface area contributed by atoms with E-state index in [1.54, 1.807) is 0 Å². The molecule has 0 spiro atoms. The van der Waals surface area contributed by atoms with Gasteiger partial charge in [0.2, 0.25) is 0 Å². The molecule has 0 aromatic heterocycles. The van der Waals surface area contributed by atoms with Crippen molar-refractivity contribution in [2.24, 2.45) is 0 Å². The molecule has 9 nitrogen and oxygen atoms in total. The van der Waals surface area contributed by atoms with Crippen molar-refractivity contribution in [2.75, 3.05) is 25.7 Å². The van der Waals surface area contributed by atoms with Gasteiger partial charge in [-0.05, 0) is 16.7 Å². The molecule has 0 aliphatic heterocycles. The van der Waals surface area contributed by atoms with Crippen LogP contribution in [0.25, 0.3) is 0 Å². The lowest BCUT2D eigenvalue weighted by atomic mass is 10.1. The van der Waals surface area contributed by atoms with Crippen molar-refractivity contribution < 1.29 is 39.4 Å². The summed E-state index contributed by atoms with van der Waals surface area (Å²) in [5.74, 6) is 0. The van der Waals surface area contributed by atoms with Crippen LogP contribution in [-0.2, 0) is 62.6 Å². The van der Waals surface area contributed by atoms with Gasteiger partial charge in [-0.3, -0.25) is 8.37 Å². The van der Waals surface area contributed by atoms with Gasteiger partial charge in [0.1, 0.15) is 18.3 Å². The van der Waals surface area contributed by atoms with Gasteiger partial charge in [0, 0.05) is 0 Å². The van der Waals surface area contributed by atoms with Crippen LogP contribution in [0, 0.1) is 0 Å². The van der Waals surface area contributed by atoms with Gasteiger partial charge in [0.25, 0.3) is 20.2 Å². The third-order valence-electron chi connectivity index (χ3n) is 5.46. The Morgan fingerprint density at radius 2 is 1.03 bits per heavy atom. The molecule has 212 valence electrons. The van der Waals surface area contributed by atoms with E-state index in [1.807, 2.05) is 91.0 Å². The largest absolute Gasteiger partial charge is 0.374 e. The molecule has 0 aliphatic rings. The van der Waals surface area contributed by atoms with Gasteiger partial charge >= 0.3 is 0 Å². The lowest BCUT2D eigenvalue weighted by Crippen LogP contribution is -2.48. The second-order valence-electron chi connectivity index (χ2n) is 8.92. The monoisotopic (exact) mass is 578 g/mol. The zero-order chi connectivity index (χ0) is 28.1. The molecule has 0 aliphatic carbocycles. The van der Waals surface area contributed by atoms with Crippen molar-refractivity contribution in [3.8, 4) is 0 Å². The Morgan fingerprint density at radius 1 is 0.564 bits per heavy atom. The summed E-state index contributed by atoms with van der Waals surface area (Å²) in [6.07, 6.45) is -1.43. The second-order valence-corrected chi connectivity index (χ2v) is 12.2. The summed E-state index contributed by atoms with van der Waals surface area (Å²) < 4.78 is 76.9. The Kier molecular flexibility index (Phi) is 12.1. The van der Waals surface area contributed by atoms with E-state index in [0.29, 0.717) is 0 Å². The smallest absolute Gasteiger partial charge is 0.264 e. The molecule has 3 aromatic carbocycles. The summed E-state index contributed by atoms with van der Waals surface area (Å²) in [6, 6.07) is 27.9. The molecule has 3 rings (SSSR count). The molecule has 0 amide bonds. The molecule has 11 heteroatoms. The number of ether oxygens (including phenoxy) is 3. The van der Waals surface area contributed by atoms with Crippen molar-refractivity contribution in [3.63, 3.8) is 0 Å². The molecule has 1 unspecified atom stereocenters. The highest BCUT2D eigenvalue weighted by molar-refractivity contribution is 7.86. The SMILES string of the molecule is CS(=O)(=O)OC[C@@H](OCc1ccccc1)[C@H](OCc1ccccc1)C(COCc1ccccc1)OS(C)(=O)=O. The minimum atomic E-state index is -3.96. The van der Waals surface area contributed by atoms with Crippen LogP contribution in [0.2, 0.25) is 0 Å². The van der Waals surface area contributed by atoms with E-state index >= 15 is 0 Å². The van der Waals surface area contributed by atoms with Crippen LogP contribution in [0.1, 0.15) is 16.7 Å². The molecule has 0 saturated carbocycles. The van der Waals surface area contributed by atoms with E-state index < -0.39 is 45.2 Å². The quantitative estimate of drug-likeness (QED) is 0.221. The summed E-state index contributed by atoms with van der Waals surface area (Å²) >= 11 is 0. The molecule has 0 bridgehead atoms. The van der Waals surface area contributed by atoms with Crippen molar-refractivity contribution in [1.82, 2.24) is 0 Å². The minimum absolute atomic E-state index is 0.0812. The van der Waals surface area contributed by atoms with Gasteiger partial charge in [-0.25, -0.2) is 0 Å². The third-order valence-corrected chi connectivity index (χ3v) is 6.62. The van der Waals surface area contributed by atoms with Crippen molar-refractivity contribution >= 4 is 20.2 Å². The number of hydrogen-bond donors (Lipinski definition) is 0. The second kappa shape index (κ2) is 15.2. The molecule has 3 atom stereocenters. The molecular formula is C28H34O9S2. The predicted octanol–water partition coefficient (Wildman–Crippen LogP) is 3.70. The summed E-state index contributed by atoms with van der Waals surface area (Å²) in [6.45, 7) is -0.220. The van der Waals surface area contributed by atoms with Crippen LogP contribution < -0.4 is 0 Å². The zero-order valence-corrected chi connectivity index (χ0v) is 23.6. The van der Waals surface area contributed by atoms with Crippen LogP contribution in [0.3, 0.4) is 0 Å². The fraction of sp³-hybridized carbons (Fsp3) is 0.357. The average Bonchev–Trinajstić information content (AvgIpc) is 2.90. The Bertz CT molecular complexity index is 1320. The Morgan fingerprint density at radius 3 is 1.49 bits per heavy atom. The van der Waals surface area contributed by atoms with E-state index in [4.69, 9.17) is 22.6 Å². The first-order valence-electron chi connectivity index (χ1n) is 12.2. The van der Waals surface area contributed by atoms with Crippen LogP contribution >= 0.6 is 0 Å². The van der Waals surface area contributed by atoms with Crippen molar-refractivity contribution in [2.45, 2.75) is 38.1 Å². The van der Waals surface area contributed by atoms with Gasteiger partial charge in [-0.2, -0.15) is 16.8 Å². The molecule has 3 aromatic rings. The number of hydrogen-bond acceptors (Lipinski definition) is 9. The first-order valence-corrected chi connectivity index (χ1v) is 15.9. The highest BCUT2D eigenvalue weighted by Gasteiger charge is 2.36. The van der Waals surface area contributed by atoms with Gasteiger partial charge < -0.3 is 14.2 Å². The Labute approximate surface area is 230 Å². The highest BCUT2D eigenvalue weighted by Crippen LogP contribution is 2.20. The summed E-state index contributed by atoms with van der Waals surface area (Å²) in [5, 5.41) is 0.